The van der Waals surface area contributed by atoms with Gasteiger partial charge in [-0.3, -0.25) is 4.79 Å². The molecule has 0 fully saturated rings. The quantitative estimate of drug-likeness (QED) is 0.926. The predicted molar refractivity (Wildman–Crippen MR) is 78.0 cm³/mol. The summed E-state index contributed by atoms with van der Waals surface area (Å²) in [4.78, 5) is 12.2. The summed E-state index contributed by atoms with van der Waals surface area (Å²) < 4.78 is 18.9. The Morgan fingerprint density at radius 2 is 2.23 bits per heavy atom. The Morgan fingerprint density at radius 3 is 2.86 bits per heavy atom. The molecule has 1 aliphatic rings. The van der Waals surface area contributed by atoms with Crippen LogP contribution >= 0.6 is 0 Å². The molecule has 3 atom stereocenters. The SMILES string of the molecule is CC(=O)[C@@H]1[C@@H](c2cccc(F)c2)c2c(noc2C)C[C@]1(C)O. The summed E-state index contributed by atoms with van der Waals surface area (Å²) in [7, 11) is 0. The van der Waals surface area contributed by atoms with Crippen LogP contribution in [0.4, 0.5) is 4.39 Å². The molecular weight excluding hydrogens is 285 g/mol. The lowest BCUT2D eigenvalue weighted by atomic mass is 9.64. The van der Waals surface area contributed by atoms with Gasteiger partial charge in [-0.1, -0.05) is 17.3 Å². The molecule has 0 bridgehead atoms. The maximum absolute atomic E-state index is 13.7. The zero-order chi connectivity index (χ0) is 16.1. The second-order valence-electron chi connectivity index (χ2n) is 6.25. The zero-order valence-electron chi connectivity index (χ0n) is 12.8. The largest absolute Gasteiger partial charge is 0.389 e. The van der Waals surface area contributed by atoms with Crippen LogP contribution in [0.3, 0.4) is 0 Å². The topological polar surface area (TPSA) is 63.3 Å². The molecule has 2 aromatic rings. The standard InChI is InChI=1S/C17H18FNO3/c1-9(20)16-15(11-5-4-6-12(18)7-11)14-10(2)22-19-13(14)8-17(16,3)21/h4-7,15-16,21H,8H2,1-3H3/t15-,16+,17-/m0/s1. The number of nitrogens with zero attached hydrogens (tertiary/aromatic N) is 1. The summed E-state index contributed by atoms with van der Waals surface area (Å²) in [6.07, 6.45) is 0.246. The molecule has 116 valence electrons. The van der Waals surface area contributed by atoms with Crippen molar-refractivity contribution in [1.82, 2.24) is 5.16 Å². The van der Waals surface area contributed by atoms with Gasteiger partial charge in [-0.05, 0) is 38.5 Å². The number of benzene rings is 1. The van der Waals surface area contributed by atoms with Gasteiger partial charge in [0.1, 0.15) is 17.4 Å². The number of fused-ring (bicyclic) bond motifs is 1. The van der Waals surface area contributed by atoms with Crippen molar-refractivity contribution in [1.29, 1.82) is 0 Å². The van der Waals surface area contributed by atoms with Crippen molar-refractivity contribution in [2.24, 2.45) is 5.92 Å². The number of aliphatic hydroxyl groups is 1. The van der Waals surface area contributed by atoms with Crippen molar-refractivity contribution in [3.05, 3.63) is 52.7 Å². The summed E-state index contributed by atoms with van der Waals surface area (Å²) in [6.45, 7) is 4.85. The highest BCUT2D eigenvalue weighted by molar-refractivity contribution is 5.82. The number of hydrogen-bond acceptors (Lipinski definition) is 4. The molecule has 4 nitrogen and oxygen atoms in total. The van der Waals surface area contributed by atoms with E-state index in [2.05, 4.69) is 5.16 Å². The molecule has 0 saturated heterocycles. The van der Waals surface area contributed by atoms with E-state index in [1.54, 1.807) is 26.0 Å². The number of halogens is 1. The van der Waals surface area contributed by atoms with E-state index in [4.69, 9.17) is 4.52 Å². The third kappa shape index (κ3) is 2.25. The van der Waals surface area contributed by atoms with Crippen molar-refractivity contribution in [3.63, 3.8) is 0 Å². The first-order chi connectivity index (χ1) is 10.3. The van der Waals surface area contributed by atoms with Crippen LogP contribution in [0, 0.1) is 18.7 Å². The van der Waals surface area contributed by atoms with E-state index in [-0.39, 0.29) is 18.0 Å². The van der Waals surface area contributed by atoms with Gasteiger partial charge in [0.05, 0.1) is 17.2 Å². The normalized spacial score (nSPS) is 27.5. The van der Waals surface area contributed by atoms with E-state index in [1.807, 2.05) is 0 Å². The number of aryl methyl sites for hydroxylation is 1. The smallest absolute Gasteiger partial charge is 0.137 e. The third-order valence-corrected chi connectivity index (χ3v) is 4.47. The summed E-state index contributed by atoms with van der Waals surface area (Å²) in [5.41, 5.74) is 0.818. The molecule has 0 radical (unpaired) electrons. The molecule has 1 N–H and O–H groups in total. The Morgan fingerprint density at radius 1 is 1.50 bits per heavy atom. The van der Waals surface area contributed by atoms with E-state index in [0.717, 1.165) is 5.56 Å². The van der Waals surface area contributed by atoms with E-state index in [0.29, 0.717) is 17.0 Å². The van der Waals surface area contributed by atoms with Crippen LogP contribution in [0.5, 0.6) is 0 Å². The van der Waals surface area contributed by atoms with E-state index in [1.165, 1.54) is 19.1 Å². The zero-order valence-corrected chi connectivity index (χ0v) is 12.8. The van der Waals surface area contributed by atoms with Crippen LogP contribution in [-0.2, 0) is 11.2 Å². The van der Waals surface area contributed by atoms with Crippen molar-refractivity contribution in [2.75, 3.05) is 0 Å². The number of carbonyl (C=O) groups excluding carboxylic acids is 1. The van der Waals surface area contributed by atoms with Crippen LogP contribution in [0.15, 0.2) is 28.8 Å². The molecule has 1 aromatic carbocycles. The minimum Gasteiger partial charge on any atom is -0.389 e. The lowest BCUT2D eigenvalue weighted by Crippen LogP contribution is -2.48. The molecule has 3 rings (SSSR count). The highest BCUT2D eigenvalue weighted by Crippen LogP contribution is 2.47. The first kappa shape index (κ1) is 14.9. The maximum Gasteiger partial charge on any atom is 0.137 e. The highest BCUT2D eigenvalue weighted by atomic mass is 19.1. The Kier molecular flexibility index (Phi) is 3.40. The fourth-order valence-corrected chi connectivity index (χ4v) is 3.66. The maximum atomic E-state index is 13.7. The van der Waals surface area contributed by atoms with E-state index < -0.39 is 17.4 Å². The average molecular weight is 303 g/mol. The fourth-order valence-electron chi connectivity index (χ4n) is 3.66. The van der Waals surface area contributed by atoms with Crippen LogP contribution in [0.1, 0.15) is 42.3 Å². The number of carbonyl (C=O) groups is 1. The average Bonchev–Trinajstić information content (AvgIpc) is 2.76. The highest BCUT2D eigenvalue weighted by Gasteiger charge is 2.49. The number of rotatable bonds is 2. The molecule has 5 heteroatoms. The minimum absolute atomic E-state index is 0.134. The van der Waals surface area contributed by atoms with Gasteiger partial charge >= 0.3 is 0 Å². The predicted octanol–water partition coefficient (Wildman–Crippen LogP) is 2.77. The molecule has 22 heavy (non-hydrogen) atoms. The van der Waals surface area contributed by atoms with Crippen LogP contribution in [0.25, 0.3) is 0 Å². The van der Waals surface area contributed by atoms with Gasteiger partial charge in [0, 0.05) is 17.9 Å². The van der Waals surface area contributed by atoms with Crippen LogP contribution in [0.2, 0.25) is 0 Å². The molecule has 1 aliphatic carbocycles. The van der Waals surface area contributed by atoms with E-state index >= 15 is 0 Å². The molecule has 0 aliphatic heterocycles. The Hall–Kier alpha value is -2.01. The molecule has 0 saturated carbocycles. The monoisotopic (exact) mass is 303 g/mol. The van der Waals surface area contributed by atoms with Crippen molar-refractivity contribution in [2.45, 2.75) is 38.7 Å². The third-order valence-electron chi connectivity index (χ3n) is 4.47. The number of ketones is 1. The first-order valence-electron chi connectivity index (χ1n) is 7.24. The van der Waals surface area contributed by atoms with Gasteiger partial charge in [-0.25, -0.2) is 4.39 Å². The van der Waals surface area contributed by atoms with Crippen LogP contribution < -0.4 is 0 Å². The molecule has 1 aromatic heterocycles. The lowest BCUT2D eigenvalue weighted by molar-refractivity contribution is -0.130. The van der Waals surface area contributed by atoms with Gasteiger partial charge < -0.3 is 9.63 Å². The lowest BCUT2D eigenvalue weighted by Gasteiger charge is -2.40. The summed E-state index contributed by atoms with van der Waals surface area (Å²) in [6, 6.07) is 6.13. The first-order valence-corrected chi connectivity index (χ1v) is 7.24. The van der Waals surface area contributed by atoms with Crippen molar-refractivity contribution >= 4 is 5.78 Å². The number of hydrogen-bond donors (Lipinski definition) is 1. The van der Waals surface area contributed by atoms with Crippen molar-refractivity contribution < 1.29 is 18.8 Å². The van der Waals surface area contributed by atoms with Gasteiger partial charge in [-0.15, -0.1) is 0 Å². The summed E-state index contributed by atoms with van der Waals surface area (Å²) >= 11 is 0. The molecular formula is C17H18FNO3. The summed E-state index contributed by atoms with van der Waals surface area (Å²) in [5, 5.41) is 14.8. The Labute approximate surface area is 127 Å². The van der Waals surface area contributed by atoms with Gasteiger partial charge in [0.2, 0.25) is 0 Å². The number of Topliss-reactive ketones (excluding diaryl/α,β-unsaturated/α-hetero) is 1. The van der Waals surface area contributed by atoms with Gasteiger partial charge in [0.25, 0.3) is 0 Å². The second-order valence-corrected chi connectivity index (χ2v) is 6.25. The minimum atomic E-state index is -1.25. The van der Waals surface area contributed by atoms with Crippen LogP contribution in [-0.4, -0.2) is 21.6 Å². The van der Waals surface area contributed by atoms with Gasteiger partial charge in [0.15, 0.2) is 0 Å². The second kappa shape index (κ2) is 5.02. The number of aromatic nitrogens is 1. The molecule has 0 spiro atoms. The molecule has 0 amide bonds. The molecule has 0 unspecified atom stereocenters. The van der Waals surface area contributed by atoms with E-state index in [9.17, 15) is 14.3 Å². The summed E-state index contributed by atoms with van der Waals surface area (Å²) in [5.74, 6) is -1.03. The molecule has 1 heterocycles. The van der Waals surface area contributed by atoms with Crippen molar-refractivity contribution in [3.8, 4) is 0 Å². The van der Waals surface area contributed by atoms with Gasteiger partial charge in [-0.2, -0.15) is 0 Å². The fraction of sp³-hybridized carbons (Fsp3) is 0.412. The Balaban J connectivity index is 2.25. The Bertz CT molecular complexity index is 735.